The second-order valence-corrected chi connectivity index (χ2v) is 8.93. The van der Waals surface area contributed by atoms with Gasteiger partial charge in [0, 0.05) is 17.4 Å². The topological polar surface area (TPSA) is 112 Å². The van der Waals surface area contributed by atoms with E-state index >= 15 is 0 Å². The molecular formula is C27H24ClFN6O. The number of amides is 1. The summed E-state index contributed by atoms with van der Waals surface area (Å²) in [5, 5.41) is 11.2. The largest absolute Gasteiger partial charge is 0.382 e. The third-order valence-electron chi connectivity index (χ3n) is 6.07. The van der Waals surface area contributed by atoms with Gasteiger partial charge in [-0.1, -0.05) is 66.2 Å². The highest BCUT2D eigenvalue weighted by Crippen LogP contribution is 2.31. The van der Waals surface area contributed by atoms with Gasteiger partial charge in [0.2, 0.25) is 5.91 Å². The Bertz CT molecular complexity index is 1510. The van der Waals surface area contributed by atoms with Crippen LogP contribution in [0.1, 0.15) is 29.4 Å². The zero-order chi connectivity index (χ0) is 25.1. The van der Waals surface area contributed by atoms with Gasteiger partial charge in [-0.25, -0.2) is 9.37 Å². The summed E-state index contributed by atoms with van der Waals surface area (Å²) in [6.45, 7) is 0. The molecule has 0 saturated heterocycles. The van der Waals surface area contributed by atoms with E-state index in [2.05, 4.69) is 20.5 Å². The zero-order valence-electron chi connectivity index (χ0n) is 19.3. The molecule has 0 aliphatic rings. The van der Waals surface area contributed by atoms with Gasteiger partial charge in [0.25, 0.3) is 0 Å². The summed E-state index contributed by atoms with van der Waals surface area (Å²) < 4.78 is 14.0. The molecule has 3 aromatic carbocycles. The third-order valence-corrected chi connectivity index (χ3v) is 6.34. The number of nitrogens with one attached hydrogen (secondary N) is 3. The predicted octanol–water partition coefficient (Wildman–Crippen LogP) is 5.36. The van der Waals surface area contributed by atoms with E-state index in [0.29, 0.717) is 40.9 Å². The highest BCUT2D eigenvalue weighted by atomic mass is 35.5. The molecule has 0 spiro atoms. The van der Waals surface area contributed by atoms with Crippen molar-refractivity contribution in [1.82, 2.24) is 25.5 Å². The van der Waals surface area contributed by atoms with Crippen molar-refractivity contribution in [3.05, 3.63) is 101 Å². The predicted molar refractivity (Wildman–Crippen MR) is 139 cm³/mol. The van der Waals surface area contributed by atoms with E-state index in [1.165, 1.54) is 6.07 Å². The summed E-state index contributed by atoms with van der Waals surface area (Å²) in [6, 6.07) is 21.4. The number of nitrogens with zero attached hydrogens (tertiary/aromatic N) is 2. The van der Waals surface area contributed by atoms with Crippen LogP contribution >= 0.6 is 11.6 Å². The van der Waals surface area contributed by atoms with Crippen LogP contribution in [-0.4, -0.2) is 26.1 Å². The Balaban J connectivity index is 1.40. The summed E-state index contributed by atoms with van der Waals surface area (Å²) in [6.07, 6.45) is 0.950. The first kappa shape index (κ1) is 23.6. The number of carbonyl (C=O) groups excluding carboxylic acids is 1. The molecule has 1 amide bonds. The van der Waals surface area contributed by atoms with Crippen molar-refractivity contribution >= 4 is 34.2 Å². The van der Waals surface area contributed by atoms with Crippen LogP contribution in [0, 0.1) is 5.82 Å². The van der Waals surface area contributed by atoms with Crippen molar-refractivity contribution in [3.8, 4) is 11.3 Å². The molecule has 7 nitrogen and oxygen atoms in total. The molecular weight excluding hydrogens is 479 g/mol. The number of hydrogen-bond acceptors (Lipinski definition) is 4. The van der Waals surface area contributed by atoms with Crippen molar-refractivity contribution in [3.63, 3.8) is 0 Å². The Hall–Kier alpha value is -4.17. The van der Waals surface area contributed by atoms with Crippen LogP contribution in [0.4, 0.5) is 10.2 Å². The molecule has 1 unspecified atom stereocenters. The maximum absolute atomic E-state index is 14.0. The number of carbonyl (C=O) groups is 1. The number of hydrogen-bond donors (Lipinski definition) is 4. The van der Waals surface area contributed by atoms with Gasteiger partial charge >= 0.3 is 0 Å². The first-order valence-corrected chi connectivity index (χ1v) is 11.9. The van der Waals surface area contributed by atoms with Gasteiger partial charge in [0.05, 0.1) is 11.6 Å². The number of aromatic amines is 2. The van der Waals surface area contributed by atoms with Gasteiger partial charge in [-0.05, 0) is 42.2 Å². The number of imidazole rings is 1. The fourth-order valence-electron chi connectivity index (χ4n) is 4.20. The van der Waals surface area contributed by atoms with Crippen molar-refractivity contribution in [1.29, 1.82) is 0 Å². The smallest absolute Gasteiger partial charge is 0.220 e. The van der Waals surface area contributed by atoms with E-state index in [-0.39, 0.29) is 18.1 Å². The molecule has 5 N–H and O–H groups in total. The van der Waals surface area contributed by atoms with Crippen LogP contribution in [-0.2, 0) is 17.6 Å². The van der Waals surface area contributed by atoms with E-state index in [1.54, 1.807) is 18.2 Å². The quantitative estimate of drug-likeness (QED) is 0.229. The Morgan fingerprint density at radius 1 is 1.08 bits per heavy atom. The van der Waals surface area contributed by atoms with Gasteiger partial charge < -0.3 is 16.0 Å². The number of anilines is 1. The summed E-state index contributed by atoms with van der Waals surface area (Å²) in [7, 11) is 0. The number of aryl methyl sites for hydroxylation is 1. The standard InChI is InChI=1S/C27H24ClFN6O/c28-25-24(18-10-12-19-21(15-18)34-35-26(19)30)32-27(33-25)22(14-16-6-2-1-3-7-16)31-23(36)13-11-17-8-4-5-9-20(17)29/h1-10,12,15,22H,11,13-14H2,(H,31,36)(H,32,33)(H3,30,34,35). The van der Waals surface area contributed by atoms with Gasteiger partial charge in [0.1, 0.15) is 22.5 Å². The van der Waals surface area contributed by atoms with Gasteiger partial charge in [-0.15, -0.1) is 0 Å². The molecule has 2 aromatic heterocycles. The van der Waals surface area contributed by atoms with Crippen LogP contribution < -0.4 is 11.1 Å². The number of fused-ring (bicyclic) bond motifs is 1. The van der Waals surface area contributed by atoms with E-state index in [0.717, 1.165) is 22.0 Å². The second kappa shape index (κ2) is 10.2. The molecule has 5 aromatic rings. The number of rotatable bonds is 8. The fourth-order valence-corrected chi connectivity index (χ4v) is 4.44. The molecule has 0 radical (unpaired) electrons. The summed E-state index contributed by atoms with van der Waals surface area (Å²) in [4.78, 5) is 20.8. The Morgan fingerprint density at radius 2 is 1.86 bits per heavy atom. The molecule has 36 heavy (non-hydrogen) atoms. The maximum Gasteiger partial charge on any atom is 0.220 e. The zero-order valence-corrected chi connectivity index (χ0v) is 20.0. The van der Waals surface area contributed by atoms with E-state index < -0.39 is 6.04 Å². The molecule has 1 atom stereocenters. The second-order valence-electron chi connectivity index (χ2n) is 8.56. The minimum atomic E-state index is -0.460. The lowest BCUT2D eigenvalue weighted by molar-refractivity contribution is -0.121. The average molecular weight is 503 g/mol. The highest BCUT2D eigenvalue weighted by Gasteiger charge is 2.22. The Kier molecular flexibility index (Phi) is 6.69. The SMILES string of the molecule is Nc1n[nH]c2cc(-c3nc(C(Cc4ccccc4)NC(=O)CCc4ccccc4F)[nH]c3Cl)ccc12. The van der Waals surface area contributed by atoms with Crippen LogP contribution in [0.2, 0.25) is 5.15 Å². The Labute approximate surface area is 211 Å². The molecule has 182 valence electrons. The monoisotopic (exact) mass is 502 g/mol. The van der Waals surface area contributed by atoms with Gasteiger partial charge in [-0.3, -0.25) is 9.89 Å². The fraction of sp³-hybridized carbons (Fsp3) is 0.148. The normalized spacial score (nSPS) is 12.1. The summed E-state index contributed by atoms with van der Waals surface area (Å²) in [5.74, 6) is 0.431. The summed E-state index contributed by atoms with van der Waals surface area (Å²) >= 11 is 6.56. The van der Waals surface area contributed by atoms with Crippen molar-refractivity contribution in [2.24, 2.45) is 0 Å². The van der Waals surface area contributed by atoms with Crippen LogP contribution in [0.25, 0.3) is 22.2 Å². The molecule has 0 aliphatic heterocycles. The highest BCUT2D eigenvalue weighted by molar-refractivity contribution is 6.32. The minimum absolute atomic E-state index is 0.144. The Morgan fingerprint density at radius 3 is 2.67 bits per heavy atom. The first-order valence-electron chi connectivity index (χ1n) is 11.5. The number of aromatic nitrogens is 4. The minimum Gasteiger partial charge on any atom is -0.382 e. The lowest BCUT2D eigenvalue weighted by atomic mass is 10.0. The molecule has 0 bridgehead atoms. The summed E-state index contributed by atoms with van der Waals surface area (Å²) in [5.41, 5.74) is 9.52. The lowest BCUT2D eigenvalue weighted by Crippen LogP contribution is -2.31. The number of halogens is 2. The average Bonchev–Trinajstić information content (AvgIpc) is 3.46. The molecule has 0 fully saturated rings. The van der Waals surface area contributed by atoms with E-state index in [4.69, 9.17) is 22.3 Å². The molecule has 0 aliphatic carbocycles. The first-order chi connectivity index (χ1) is 17.5. The molecule has 9 heteroatoms. The lowest BCUT2D eigenvalue weighted by Gasteiger charge is -2.17. The number of nitrogens with two attached hydrogens (primary N) is 1. The van der Waals surface area contributed by atoms with Crippen molar-refractivity contribution in [2.75, 3.05) is 5.73 Å². The van der Waals surface area contributed by atoms with Gasteiger partial charge in [0.15, 0.2) is 5.82 Å². The van der Waals surface area contributed by atoms with E-state index in [9.17, 15) is 9.18 Å². The molecule has 2 heterocycles. The van der Waals surface area contributed by atoms with E-state index in [1.807, 2.05) is 48.5 Å². The number of benzene rings is 3. The number of nitrogen functional groups attached to an aromatic ring is 1. The van der Waals surface area contributed by atoms with Crippen LogP contribution in [0.5, 0.6) is 0 Å². The maximum atomic E-state index is 14.0. The van der Waals surface area contributed by atoms with Crippen LogP contribution in [0.15, 0.2) is 72.8 Å². The van der Waals surface area contributed by atoms with Crippen molar-refractivity contribution in [2.45, 2.75) is 25.3 Å². The number of H-pyrrole nitrogens is 2. The molecule has 0 saturated carbocycles. The molecule has 5 rings (SSSR count). The van der Waals surface area contributed by atoms with Gasteiger partial charge in [-0.2, -0.15) is 5.10 Å². The van der Waals surface area contributed by atoms with Crippen molar-refractivity contribution < 1.29 is 9.18 Å². The van der Waals surface area contributed by atoms with Crippen LogP contribution in [0.3, 0.4) is 0 Å². The third kappa shape index (κ3) is 5.08.